The van der Waals surface area contributed by atoms with Gasteiger partial charge in [0.1, 0.15) is 0 Å². The summed E-state index contributed by atoms with van der Waals surface area (Å²) in [7, 11) is 1.35. The zero-order valence-corrected chi connectivity index (χ0v) is 5.26. The second-order valence-electron chi connectivity index (χ2n) is 2.21. The van der Waals surface area contributed by atoms with Crippen molar-refractivity contribution in [3.8, 4) is 0 Å². The highest BCUT2D eigenvalue weighted by atomic mass is 16.5. The maximum atomic E-state index is 10.4. The van der Waals surface area contributed by atoms with Gasteiger partial charge in [-0.05, 0) is 5.18 Å². The SMILES string of the molecule is C[NH+]([O-])C(C)(C)N=O. The average Bonchev–Trinajstić information content (AvgIpc) is 1.67. The highest BCUT2D eigenvalue weighted by Gasteiger charge is 2.21. The number of nitroso groups, excluding NO2 is 1. The van der Waals surface area contributed by atoms with Crippen LogP contribution in [0, 0.1) is 10.1 Å². The van der Waals surface area contributed by atoms with Crippen LogP contribution in [-0.4, -0.2) is 12.7 Å². The average molecular weight is 118 g/mol. The number of hydroxylamine groups is 2. The van der Waals surface area contributed by atoms with Gasteiger partial charge in [0.2, 0.25) is 5.66 Å². The number of nitrogens with zero attached hydrogens (tertiary/aromatic N) is 1. The number of hydrogen-bond donors (Lipinski definition) is 1. The molecule has 0 aromatic carbocycles. The van der Waals surface area contributed by atoms with Gasteiger partial charge in [0.15, 0.2) is 0 Å². The van der Waals surface area contributed by atoms with Crippen LogP contribution in [0.25, 0.3) is 0 Å². The first kappa shape index (κ1) is 7.52. The zero-order chi connectivity index (χ0) is 6.78. The summed E-state index contributed by atoms with van der Waals surface area (Å²) in [4.78, 5) is 9.80. The Labute approximate surface area is 48.0 Å². The zero-order valence-electron chi connectivity index (χ0n) is 5.26. The van der Waals surface area contributed by atoms with Gasteiger partial charge in [-0.1, -0.05) is 0 Å². The van der Waals surface area contributed by atoms with Crippen molar-refractivity contribution >= 4 is 0 Å². The van der Waals surface area contributed by atoms with Crippen LogP contribution in [0.15, 0.2) is 5.18 Å². The maximum Gasteiger partial charge on any atom is 0.223 e. The van der Waals surface area contributed by atoms with Gasteiger partial charge in [-0.15, -0.1) is 4.91 Å². The number of rotatable bonds is 2. The second-order valence-corrected chi connectivity index (χ2v) is 2.21. The quantitative estimate of drug-likeness (QED) is 0.392. The molecule has 0 heterocycles. The van der Waals surface area contributed by atoms with Crippen LogP contribution in [0.1, 0.15) is 13.8 Å². The Hall–Kier alpha value is -0.480. The Morgan fingerprint density at radius 3 is 2.00 bits per heavy atom. The van der Waals surface area contributed by atoms with Crippen LogP contribution < -0.4 is 5.06 Å². The van der Waals surface area contributed by atoms with Crippen LogP contribution in [0.4, 0.5) is 0 Å². The monoisotopic (exact) mass is 118 g/mol. The summed E-state index contributed by atoms with van der Waals surface area (Å²) in [5.41, 5.74) is -1.03. The Kier molecular flexibility index (Phi) is 2.06. The van der Waals surface area contributed by atoms with Gasteiger partial charge in [0.05, 0.1) is 7.05 Å². The molecule has 0 aliphatic rings. The largest absolute Gasteiger partial charge is 0.633 e. The molecule has 0 saturated carbocycles. The van der Waals surface area contributed by atoms with Crippen molar-refractivity contribution in [2.45, 2.75) is 19.5 Å². The van der Waals surface area contributed by atoms with E-state index in [0.29, 0.717) is 0 Å². The molecule has 4 heteroatoms. The summed E-state index contributed by atoms with van der Waals surface area (Å²) in [6, 6.07) is 0. The highest BCUT2D eigenvalue weighted by molar-refractivity contribution is 4.58. The molecule has 0 aliphatic heterocycles. The van der Waals surface area contributed by atoms with Crippen LogP contribution in [0.3, 0.4) is 0 Å². The Balaban J connectivity index is 3.90. The fourth-order valence-corrected chi connectivity index (χ4v) is 0.0643. The molecular weight excluding hydrogens is 108 g/mol. The van der Waals surface area contributed by atoms with Gasteiger partial charge < -0.3 is 10.3 Å². The molecule has 1 N–H and O–H groups in total. The molecule has 0 aromatic heterocycles. The molecule has 4 nitrogen and oxygen atoms in total. The van der Waals surface area contributed by atoms with Crippen molar-refractivity contribution in [3.05, 3.63) is 10.1 Å². The van der Waals surface area contributed by atoms with E-state index in [9.17, 15) is 10.1 Å². The molecule has 48 valence electrons. The molecule has 0 bridgehead atoms. The smallest absolute Gasteiger partial charge is 0.223 e. The van der Waals surface area contributed by atoms with Crippen LogP contribution in [0.2, 0.25) is 0 Å². The fraction of sp³-hybridized carbons (Fsp3) is 1.00. The lowest BCUT2D eigenvalue weighted by Gasteiger charge is -2.27. The Morgan fingerprint density at radius 1 is 1.62 bits per heavy atom. The van der Waals surface area contributed by atoms with E-state index in [0.717, 1.165) is 0 Å². The number of quaternary nitrogens is 1. The van der Waals surface area contributed by atoms with Crippen LogP contribution in [-0.2, 0) is 0 Å². The van der Waals surface area contributed by atoms with E-state index in [-0.39, 0.29) is 5.06 Å². The minimum absolute atomic E-state index is 0.201. The van der Waals surface area contributed by atoms with Crippen molar-refractivity contribution in [2.24, 2.45) is 5.18 Å². The van der Waals surface area contributed by atoms with E-state index >= 15 is 0 Å². The van der Waals surface area contributed by atoms with Crippen molar-refractivity contribution < 1.29 is 5.06 Å². The van der Waals surface area contributed by atoms with Gasteiger partial charge in [-0.3, -0.25) is 0 Å². The molecule has 1 atom stereocenters. The molecular formula is C4H10N2O2. The van der Waals surface area contributed by atoms with Crippen molar-refractivity contribution in [1.82, 2.24) is 0 Å². The highest BCUT2D eigenvalue weighted by Crippen LogP contribution is 1.94. The van der Waals surface area contributed by atoms with Crippen molar-refractivity contribution in [3.63, 3.8) is 0 Å². The molecule has 0 rings (SSSR count). The second kappa shape index (κ2) is 2.19. The van der Waals surface area contributed by atoms with Gasteiger partial charge in [-0.2, -0.15) is 0 Å². The third kappa shape index (κ3) is 1.55. The summed E-state index contributed by atoms with van der Waals surface area (Å²) >= 11 is 0. The topological polar surface area (TPSA) is 56.9 Å². The fourth-order valence-electron chi connectivity index (χ4n) is 0.0643. The van der Waals surface area contributed by atoms with E-state index in [4.69, 9.17) is 0 Å². The predicted octanol–water partition coefficient (Wildman–Crippen LogP) is -0.499. The molecule has 0 amide bonds. The Bertz CT molecular complexity index is 90.0. The first-order valence-electron chi connectivity index (χ1n) is 2.36. The first-order chi connectivity index (χ1) is 3.50. The molecule has 8 heavy (non-hydrogen) atoms. The predicted molar refractivity (Wildman–Crippen MR) is 30.1 cm³/mol. The lowest BCUT2D eigenvalue weighted by molar-refractivity contribution is -0.879. The summed E-state index contributed by atoms with van der Waals surface area (Å²) in [6.45, 7) is 2.98. The van der Waals surface area contributed by atoms with E-state index in [1.165, 1.54) is 20.9 Å². The minimum Gasteiger partial charge on any atom is -0.633 e. The first-order valence-corrected chi connectivity index (χ1v) is 2.36. The molecule has 0 radical (unpaired) electrons. The molecule has 0 spiro atoms. The van der Waals surface area contributed by atoms with Crippen molar-refractivity contribution in [2.75, 3.05) is 7.05 Å². The minimum atomic E-state index is -1.03. The molecule has 1 unspecified atom stereocenters. The molecule has 0 saturated heterocycles. The van der Waals surface area contributed by atoms with E-state index in [1.807, 2.05) is 0 Å². The van der Waals surface area contributed by atoms with E-state index in [2.05, 4.69) is 5.18 Å². The lowest BCUT2D eigenvalue weighted by Crippen LogP contribution is -3.12. The molecule has 0 fully saturated rings. The third-order valence-corrected chi connectivity index (χ3v) is 1.09. The van der Waals surface area contributed by atoms with Crippen LogP contribution >= 0.6 is 0 Å². The maximum absolute atomic E-state index is 10.4. The Morgan fingerprint density at radius 2 is 2.00 bits per heavy atom. The van der Waals surface area contributed by atoms with Gasteiger partial charge in [0.25, 0.3) is 0 Å². The summed E-state index contributed by atoms with van der Waals surface area (Å²) in [5.74, 6) is 0. The van der Waals surface area contributed by atoms with Crippen molar-refractivity contribution in [1.29, 1.82) is 0 Å². The van der Waals surface area contributed by atoms with Gasteiger partial charge in [0, 0.05) is 13.8 Å². The number of hydrogen-bond acceptors (Lipinski definition) is 3. The normalized spacial score (nSPS) is 15.5. The lowest BCUT2D eigenvalue weighted by atomic mass is 10.3. The standard InChI is InChI=1S/C4H10N2O2/c1-4(2,5-7)6(3)8/h6H,1-3H3. The summed E-state index contributed by atoms with van der Waals surface area (Å²) in [6.07, 6.45) is 0. The third-order valence-electron chi connectivity index (χ3n) is 1.09. The number of nitrogens with one attached hydrogen (secondary N) is 1. The summed E-state index contributed by atoms with van der Waals surface area (Å²) < 4.78 is 0. The molecule has 0 aromatic rings. The van der Waals surface area contributed by atoms with Crippen LogP contribution in [0.5, 0.6) is 0 Å². The summed E-state index contributed by atoms with van der Waals surface area (Å²) in [5, 5.41) is 12.8. The molecule has 0 aliphatic carbocycles. The van der Waals surface area contributed by atoms with Gasteiger partial charge >= 0.3 is 0 Å². The van der Waals surface area contributed by atoms with E-state index in [1.54, 1.807) is 0 Å². The van der Waals surface area contributed by atoms with E-state index < -0.39 is 5.66 Å². The van der Waals surface area contributed by atoms with Gasteiger partial charge in [-0.25, -0.2) is 0 Å².